The first-order valence-corrected chi connectivity index (χ1v) is 9.96. The molecule has 2 aromatic heterocycles. The molecule has 1 aliphatic rings. The minimum absolute atomic E-state index is 0.154. The number of anilines is 1. The van der Waals surface area contributed by atoms with Crippen molar-refractivity contribution in [1.29, 1.82) is 0 Å². The summed E-state index contributed by atoms with van der Waals surface area (Å²) in [6.45, 7) is 3.59. The van der Waals surface area contributed by atoms with E-state index < -0.39 is 29.2 Å². The minimum atomic E-state index is -4.69. The molecule has 0 atom stereocenters. The van der Waals surface area contributed by atoms with Gasteiger partial charge in [0.2, 0.25) is 5.82 Å². The summed E-state index contributed by atoms with van der Waals surface area (Å²) in [5.41, 5.74) is -1.04. The van der Waals surface area contributed by atoms with Crippen molar-refractivity contribution in [2.75, 3.05) is 12.4 Å². The molecule has 1 amide bonds. The van der Waals surface area contributed by atoms with Crippen LogP contribution in [0.25, 0.3) is 10.9 Å². The van der Waals surface area contributed by atoms with Gasteiger partial charge in [-0.05, 0) is 44.7 Å². The number of hydrogen-bond donors (Lipinski definition) is 2. The zero-order chi connectivity index (χ0) is 23.3. The Kier molecular flexibility index (Phi) is 5.32. The van der Waals surface area contributed by atoms with Crippen molar-refractivity contribution in [3.8, 4) is 5.75 Å². The van der Waals surface area contributed by atoms with Gasteiger partial charge in [0.1, 0.15) is 11.4 Å². The Bertz CT molecular complexity index is 1160. The van der Waals surface area contributed by atoms with E-state index in [1.165, 1.54) is 7.11 Å². The molecule has 1 aromatic carbocycles. The van der Waals surface area contributed by atoms with E-state index in [4.69, 9.17) is 4.74 Å². The van der Waals surface area contributed by atoms with E-state index in [0.717, 1.165) is 24.4 Å². The number of benzene rings is 1. The molecule has 0 bridgehead atoms. The second kappa shape index (κ2) is 7.73. The Labute approximate surface area is 181 Å². The molecule has 0 saturated heterocycles. The van der Waals surface area contributed by atoms with E-state index in [0.29, 0.717) is 17.3 Å². The largest absolute Gasteiger partial charge is 0.494 e. The Hall–Kier alpha value is -3.21. The van der Waals surface area contributed by atoms with Crippen molar-refractivity contribution in [2.24, 2.45) is 5.92 Å². The van der Waals surface area contributed by atoms with Crippen molar-refractivity contribution in [2.45, 2.75) is 44.5 Å². The highest BCUT2D eigenvalue weighted by Crippen LogP contribution is 2.44. The van der Waals surface area contributed by atoms with Crippen LogP contribution < -0.4 is 10.1 Å². The second-order valence-corrected chi connectivity index (χ2v) is 8.41. The molecule has 0 spiro atoms. The number of aromatic nitrogens is 4. The van der Waals surface area contributed by atoms with Crippen LogP contribution in [0.5, 0.6) is 5.75 Å². The number of nitrogens with zero attached hydrogens (tertiary/aromatic N) is 4. The molecule has 0 unspecified atom stereocenters. The maximum absolute atomic E-state index is 12.9. The van der Waals surface area contributed by atoms with Crippen molar-refractivity contribution < 1.29 is 27.8 Å². The van der Waals surface area contributed by atoms with Crippen molar-refractivity contribution in [3.05, 3.63) is 42.1 Å². The lowest BCUT2D eigenvalue weighted by atomic mass is 9.71. The minimum Gasteiger partial charge on any atom is -0.494 e. The van der Waals surface area contributed by atoms with Crippen LogP contribution in [0, 0.1) is 5.92 Å². The molecule has 3 aromatic rings. The number of ether oxygens (including phenoxy) is 1. The molecule has 1 aliphatic carbocycles. The van der Waals surface area contributed by atoms with Gasteiger partial charge in [-0.2, -0.15) is 18.3 Å². The van der Waals surface area contributed by atoms with Crippen molar-refractivity contribution in [3.63, 3.8) is 0 Å². The molecule has 4 rings (SSSR count). The highest BCUT2D eigenvalue weighted by Gasteiger charge is 2.40. The highest BCUT2D eigenvalue weighted by atomic mass is 19.4. The Morgan fingerprint density at radius 1 is 1.28 bits per heavy atom. The number of hydrogen-bond acceptors (Lipinski definition) is 6. The van der Waals surface area contributed by atoms with Crippen molar-refractivity contribution >= 4 is 22.5 Å². The van der Waals surface area contributed by atoms with Crippen LogP contribution in [-0.4, -0.2) is 43.5 Å². The third-order valence-corrected chi connectivity index (χ3v) is 5.73. The molecule has 2 N–H and O–H groups in total. The molecule has 0 radical (unpaired) electrons. The lowest BCUT2D eigenvalue weighted by Crippen LogP contribution is -2.41. The number of methoxy groups -OCH3 is 1. The lowest BCUT2D eigenvalue weighted by Gasteiger charge is -2.42. The molecule has 2 heterocycles. The number of nitrogens with one attached hydrogen (secondary N) is 1. The summed E-state index contributed by atoms with van der Waals surface area (Å²) in [6, 6.07) is 4.12. The summed E-state index contributed by atoms with van der Waals surface area (Å²) in [5.74, 6) is -1.01. The molecular formula is C21H22F3N5O3. The predicted octanol–water partition coefficient (Wildman–Crippen LogP) is 3.83. The maximum atomic E-state index is 12.9. The Morgan fingerprint density at radius 3 is 2.62 bits per heavy atom. The van der Waals surface area contributed by atoms with Gasteiger partial charge in [-0.1, -0.05) is 0 Å². The lowest BCUT2D eigenvalue weighted by molar-refractivity contribution is -0.141. The number of fused-ring (bicyclic) bond motifs is 1. The molecule has 1 saturated carbocycles. The smallest absolute Gasteiger partial charge is 0.433 e. The zero-order valence-electron chi connectivity index (χ0n) is 17.6. The number of carbonyl (C=O) groups excluding carboxylic acids is 1. The average molecular weight is 449 g/mol. The van der Waals surface area contributed by atoms with Gasteiger partial charge in [0, 0.05) is 23.8 Å². The van der Waals surface area contributed by atoms with Gasteiger partial charge in [-0.3, -0.25) is 9.48 Å². The van der Waals surface area contributed by atoms with E-state index in [9.17, 15) is 23.1 Å². The highest BCUT2D eigenvalue weighted by molar-refractivity contribution is 6.03. The number of alkyl halides is 3. The van der Waals surface area contributed by atoms with Crippen LogP contribution in [0.1, 0.15) is 49.0 Å². The predicted molar refractivity (Wildman–Crippen MR) is 109 cm³/mol. The first-order valence-electron chi connectivity index (χ1n) is 9.96. The van der Waals surface area contributed by atoms with Gasteiger partial charge < -0.3 is 15.2 Å². The van der Waals surface area contributed by atoms with E-state index in [1.807, 2.05) is 10.9 Å². The van der Waals surface area contributed by atoms with Gasteiger partial charge in [0.25, 0.3) is 5.91 Å². The molecule has 32 heavy (non-hydrogen) atoms. The third kappa shape index (κ3) is 4.24. The average Bonchev–Trinajstić information content (AvgIpc) is 3.06. The van der Waals surface area contributed by atoms with Gasteiger partial charge in [0.05, 0.1) is 30.0 Å². The quantitative estimate of drug-likeness (QED) is 0.614. The third-order valence-electron chi connectivity index (χ3n) is 5.73. The van der Waals surface area contributed by atoms with Gasteiger partial charge in [0.15, 0.2) is 0 Å². The molecule has 1 fully saturated rings. The fourth-order valence-corrected chi connectivity index (χ4v) is 3.71. The topological polar surface area (TPSA) is 102 Å². The Morgan fingerprint density at radius 2 is 2.00 bits per heavy atom. The summed E-state index contributed by atoms with van der Waals surface area (Å²) in [7, 11) is 1.41. The number of halogens is 3. The van der Waals surface area contributed by atoms with Gasteiger partial charge >= 0.3 is 6.18 Å². The summed E-state index contributed by atoms with van der Waals surface area (Å²) >= 11 is 0. The zero-order valence-corrected chi connectivity index (χ0v) is 17.6. The van der Waals surface area contributed by atoms with Crippen LogP contribution in [-0.2, 0) is 6.18 Å². The summed E-state index contributed by atoms with van der Waals surface area (Å²) in [5, 5.41) is 17.9. The molecule has 0 aliphatic heterocycles. The van der Waals surface area contributed by atoms with E-state index in [2.05, 4.69) is 20.4 Å². The number of rotatable bonds is 5. The summed E-state index contributed by atoms with van der Waals surface area (Å²) in [6.07, 6.45) is -0.379. The SMILES string of the molecule is COc1cc2nn(C3CC(C(C)(C)O)C3)cc2cc1NC(=O)c1nccc(C(F)(F)F)n1. The van der Waals surface area contributed by atoms with E-state index in [-0.39, 0.29) is 17.6 Å². The first-order chi connectivity index (χ1) is 15.0. The van der Waals surface area contributed by atoms with Gasteiger partial charge in [-0.15, -0.1) is 0 Å². The monoisotopic (exact) mass is 449 g/mol. The molecule has 170 valence electrons. The van der Waals surface area contributed by atoms with Crippen LogP contribution in [0.15, 0.2) is 30.6 Å². The maximum Gasteiger partial charge on any atom is 0.433 e. The summed E-state index contributed by atoms with van der Waals surface area (Å²) < 4.78 is 45.8. The first kappa shape index (κ1) is 22.0. The fraction of sp³-hybridized carbons (Fsp3) is 0.429. The van der Waals surface area contributed by atoms with Crippen LogP contribution in [0.2, 0.25) is 0 Å². The second-order valence-electron chi connectivity index (χ2n) is 8.41. The normalized spacial score (nSPS) is 19.0. The van der Waals surface area contributed by atoms with Crippen LogP contribution >= 0.6 is 0 Å². The summed E-state index contributed by atoms with van der Waals surface area (Å²) in [4.78, 5) is 19.4. The fourth-order valence-electron chi connectivity index (χ4n) is 3.71. The van der Waals surface area contributed by atoms with E-state index >= 15 is 0 Å². The van der Waals surface area contributed by atoms with Gasteiger partial charge in [-0.25, -0.2) is 9.97 Å². The number of amides is 1. The number of aliphatic hydroxyl groups is 1. The van der Waals surface area contributed by atoms with Crippen LogP contribution in [0.4, 0.5) is 18.9 Å². The number of carbonyl (C=O) groups is 1. The van der Waals surface area contributed by atoms with Crippen LogP contribution in [0.3, 0.4) is 0 Å². The standard InChI is InChI=1S/C21H22F3N5O3/c1-20(2,31)12-7-13(8-12)29-10-11-6-15(16(32-3)9-14(11)28-29)26-19(30)18-25-5-4-17(27-18)21(22,23)24/h4-6,9-10,12-13,31H,7-8H2,1-3H3,(H,26,30). The van der Waals surface area contributed by atoms with Crippen molar-refractivity contribution in [1.82, 2.24) is 19.7 Å². The molecule has 8 nitrogen and oxygen atoms in total. The molecule has 11 heteroatoms. The van der Waals surface area contributed by atoms with E-state index in [1.54, 1.807) is 26.0 Å². The molecular weight excluding hydrogens is 427 g/mol. The Balaban J connectivity index is 1.57.